The molecule has 0 aliphatic carbocycles. The number of hydrogen-bond donors (Lipinski definition) is 1. The van der Waals surface area contributed by atoms with Gasteiger partial charge in [-0.25, -0.2) is 4.79 Å². The number of carbonyl (C=O) groups is 1. The lowest BCUT2D eigenvalue weighted by atomic mass is 10.1. The summed E-state index contributed by atoms with van der Waals surface area (Å²) < 4.78 is 16.5. The van der Waals surface area contributed by atoms with Crippen molar-refractivity contribution in [2.75, 3.05) is 31.7 Å². The number of hydrogen-bond acceptors (Lipinski definition) is 4. The molecule has 0 aromatic rings. The van der Waals surface area contributed by atoms with Crippen LogP contribution in [-0.4, -0.2) is 49.0 Å². The average Bonchev–Trinajstić information content (AvgIpc) is 2.33. The first-order chi connectivity index (χ1) is 9.58. The molecule has 21 heavy (non-hydrogen) atoms. The Labute approximate surface area is 137 Å². The third-order valence-electron chi connectivity index (χ3n) is 2.42. The molecule has 0 aromatic carbocycles. The molecule has 1 atom stereocenters. The maximum atomic E-state index is 11.6. The van der Waals surface area contributed by atoms with Crippen molar-refractivity contribution >= 4 is 22.0 Å². The highest BCUT2D eigenvalue weighted by molar-refractivity contribution is 9.09. The molecule has 0 radical (unpaired) electrons. The molecule has 6 heteroatoms. The van der Waals surface area contributed by atoms with Gasteiger partial charge in [0.25, 0.3) is 0 Å². The number of rotatable bonds is 9. The van der Waals surface area contributed by atoms with Crippen LogP contribution < -0.4 is 5.32 Å². The molecule has 0 saturated heterocycles. The lowest BCUT2D eigenvalue weighted by molar-refractivity contribution is -0.0447. The number of alkyl halides is 1. The van der Waals surface area contributed by atoms with E-state index in [4.69, 9.17) is 14.2 Å². The Bertz CT molecular complexity index is 305. The summed E-state index contributed by atoms with van der Waals surface area (Å²) in [5, 5.41) is 3.34. The molecule has 1 unspecified atom stereocenters. The van der Waals surface area contributed by atoms with E-state index in [-0.39, 0.29) is 0 Å². The minimum Gasteiger partial charge on any atom is -0.444 e. The first-order valence-corrected chi connectivity index (χ1v) is 8.44. The molecule has 0 heterocycles. The zero-order valence-electron chi connectivity index (χ0n) is 14.1. The summed E-state index contributed by atoms with van der Waals surface area (Å²) in [5.74, 6) is 0.515. The van der Waals surface area contributed by atoms with Gasteiger partial charge in [0.2, 0.25) is 0 Å². The molecular weight excluding hydrogens is 338 g/mol. The van der Waals surface area contributed by atoms with Crippen molar-refractivity contribution in [1.82, 2.24) is 5.32 Å². The van der Waals surface area contributed by atoms with Gasteiger partial charge in [-0.15, -0.1) is 0 Å². The summed E-state index contributed by atoms with van der Waals surface area (Å²) >= 11 is 3.42. The van der Waals surface area contributed by atoms with Gasteiger partial charge < -0.3 is 19.5 Å². The van der Waals surface area contributed by atoms with E-state index in [0.29, 0.717) is 31.0 Å². The first-order valence-electron chi connectivity index (χ1n) is 7.32. The summed E-state index contributed by atoms with van der Waals surface area (Å²) in [4.78, 5) is 11.6. The number of amides is 1. The van der Waals surface area contributed by atoms with Gasteiger partial charge in [0.1, 0.15) is 5.60 Å². The minimum absolute atomic E-state index is 0.372. The Morgan fingerprint density at radius 1 is 1.19 bits per heavy atom. The van der Waals surface area contributed by atoms with E-state index in [1.54, 1.807) is 0 Å². The van der Waals surface area contributed by atoms with Crippen LogP contribution >= 0.6 is 15.9 Å². The highest BCUT2D eigenvalue weighted by atomic mass is 79.9. The number of nitrogens with one attached hydrogen (secondary N) is 1. The van der Waals surface area contributed by atoms with Gasteiger partial charge in [0, 0.05) is 11.9 Å². The van der Waals surface area contributed by atoms with Crippen molar-refractivity contribution in [2.24, 2.45) is 5.92 Å². The molecule has 0 fully saturated rings. The highest BCUT2D eigenvalue weighted by Gasteiger charge is 2.26. The first kappa shape index (κ1) is 20.7. The third-order valence-corrected chi connectivity index (χ3v) is 3.60. The van der Waals surface area contributed by atoms with Crippen molar-refractivity contribution in [3.8, 4) is 0 Å². The predicted octanol–water partition coefficient (Wildman–Crippen LogP) is 3.35. The van der Waals surface area contributed by atoms with E-state index < -0.39 is 17.3 Å². The predicted molar refractivity (Wildman–Crippen MR) is 88.0 cm³/mol. The minimum atomic E-state index is -0.500. The monoisotopic (exact) mass is 367 g/mol. The van der Waals surface area contributed by atoms with Crippen LogP contribution in [-0.2, 0) is 14.2 Å². The molecule has 5 nitrogen and oxygen atoms in total. The zero-order valence-corrected chi connectivity index (χ0v) is 15.7. The second kappa shape index (κ2) is 9.64. The number of halogens is 1. The van der Waals surface area contributed by atoms with Crippen molar-refractivity contribution in [3.05, 3.63) is 0 Å². The summed E-state index contributed by atoms with van der Waals surface area (Å²) in [6.07, 6.45) is -0.436. The summed E-state index contributed by atoms with van der Waals surface area (Å²) in [6.45, 7) is 13.8. The molecule has 0 rings (SSSR count). The Balaban J connectivity index is 4.02. The fourth-order valence-corrected chi connectivity index (χ4v) is 1.74. The molecule has 0 spiro atoms. The molecule has 0 aliphatic heterocycles. The third kappa shape index (κ3) is 12.0. The Morgan fingerprint density at radius 2 is 1.81 bits per heavy atom. The van der Waals surface area contributed by atoms with Crippen LogP contribution in [0.1, 0.15) is 41.5 Å². The van der Waals surface area contributed by atoms with Crippen LogP contribution in [0.4, 0.5) is 4.79 Å². The van der Waals surface area contributed by atoms with Crippen LogP contribution in [0.15, 0.2) is 0 Å². The van der Waals surface area contributed by atoms with Crippen LogP contribution in [0, 0.1) is 5.92 Å². The van der Waals surface area contributed by atoms with Crippen molar-refractivity contribution in [2.45, 2.75) is 52.7 Å². The second-order valence-electron chi connectivity index (χ2n) is 6.76. The summed E-state index contributed by atoms with van der Waals surface area (Å²) in [7, 11) is 0. The second-order valence-corrected chi connectivity index (χ2v) is 7.32. The summed E-state index contributed by atoms with van der Waals surface area (Å²) in [6, 6.07) is 0. The number of alkyl carbamates (subject to hydrolysis) is 1. The van der Waals surface area contributed by atoms with E-state index in [9.17, 15) is 4.79 Å². The van der Waals surface area contributed by atoms with E-state index in [0.717, 1.165) is 6.61 Å². The average molecular weight is 368 g/mol. The molecule has 0 aromatic heterocycles. The number of carbonyl (C=O) groups excluding carboxylic acids is 1. The quantitative estimate of drug-likeness (QED) is 0.501. The Kier molecular flexibility index (Phi) is 9.49. The maximum absolute atomic E-state index is 11.6. The van der Waals surface area contributed by atoms with Crippen molar-refractivity contribution < 1.29 is 19.0 Å². The van der Waals surface area contributed by atoms with Gasteiger partial charge in [0.05, 0.1) is 25.4 Å². The van der Waals surface area contributed by atoms with Gasteiger partial charge in [0.15, 0.2) is 0 Å². The normalized spacial score (nSPS) is 14.9. The molecular formula is C15H30BrNO4. The SMILES string of the molecule is CC(C)COCCOC(C)(CBr)CNC(=O)OC(C)(C)C. The van der Waals surface area contributed by atoms with E-state index in [1.165, 1.54) is 0 Å². The molecule has 1 amide bonds. The van der Waals surface area contributed by atoms with Gasteiger partial charge >= 0.3 is 6.09 Å². The van der Waals surface area contributed by atoms with Crippen molar-refractivity contribution in [1.29, 1.82) is 0 Å². The maximum Gasteiger partial charge on any atom is 0.407 e. The van der Waals surface area contributed by atoms with Gasteiger partial charge in [-0.05, 0) is 33.6 Å². The molecule has 1 N–H and O–H groups in total. The molecule has 0 aliphatic rings. The van der Waals surface area contributed by atoms with E-state index in [1.807, 2.05) is 27.7 Å². The lowest BCUT2D eigenvalue weighted by Crippen LogP contribution is -2.46. The van der Waals surface area contributed by atoms with Crippen molar-refractivity contribution in [3.63, 3.8) is 0 Å². The van der Waals surface area contributed by atoms with Gasteiger partial charge in [-0.3, -0.25) is 0 Å². The molecule has 0 saturated carbocycles. The zero-order chi connectivity index (χ0) is 16.5. The van der Waals surface area contributed by atoms with E-state index in [2.05, 4.69) is 35.1 Å². The van der Waals surface area contributed by atoms with E-state index >= 15 is 0 Å². The standard InChI is InChI=1S/C15H30BrNO4/c1-12(2)9-19-7-8-20-15(6,10-16)11-17-13(18)21-14(3,4)5/h12H,7-11H2,1-6H3,(H,17,18). The fraction of sp³-hybridized carbons (Fsp3) is 0.933. The number of ether oxygens (including phenoxy) is 3. The Morgan fingerprint density at radius 3 is 2.29 bits per heavy atom. The highest BCUT2D eigenvalue weighted by Crippen LogP contribution is 2.13. The Hall–Kier alpha value is -0.330. The smallest absolute Gasteiger partial charge is 0.407 e. The van der Waals surface area contributed by atoms with Crippen LogP contribution in [0.25, 0.3) is 0 Å². The largest absolute Gasteiger partial charge is 0.444 e. The van der Waals surface area contributed by atoms with Gasteiger partial charge in [-0.2, -0.15) is 0 Å². The van der Waals surface area contributed by atoms with Crippen LogP contribution in [0.5, 0.6) is 0 Å². The van der Waals surface area contributed by atoms with Crippen LogP contribution in [0.3, 0.4) is 0 Å². The topological polar surface area (TPSA) is 56.8 Å². The summed E-state index contributed by atoms with van der Waals surface area (Å²) in [5.41, 5.74) is -0.988. The van der Waals surface area contributed by atoms with Crippen LogP contribution in [0.2, 0.25) is 0 Å². The lowest BCUT2D eigenvalue weighted by Gasteiger charge is -2.29. The van der Waals surface area contributed by atoms with Gasteiger partial charge in [-0.1, -0.05) is 29.8 Å². The molecule has 126 valence electrons. The molecule has 0 bridgehead atoms. The fourth-order valence-electron chi connectivity index (χ4n) is 1.38.